The topological polar surface area (TPSA) is 75.6 Å². The highest BCUT2D eigenvalue weighted by molar-refractivity contribution is 5.62. The van der Waals surface area contributed by atoms with Crippen LogP contribution in [0.3, 0.4) is 0 Å². The van der Waals surface area contributed by atoms with Crippen molar-refractivity contribution >= 4 is 5.69 Å². The number of methoxy groups -OCH3 is 4. The summed E-state index contributed by atoms with van der Waals surface area (Å²) in [5, 5.41) is 3.18. The normalized spacial score (nSPS) is 16.7. The van der Waals surface area contributed by atoms with Crippen molar-refractivity contribution in [1.82, 2.24) is 0 Å². The van der Waals surface area contributed by atoms with Gasteiger partial charge in [0.1, 0.15) is 17.2 Å². The molecule has 4 rings (SSSR count). The molecule has 1 aliphatic heterocycles. The van der Waals surface area contributed by atoms with Crippen LogP contribution < -0.4 is 23.7 Å². The summed E-state index contributed by atoms with van der Waals surface area (Å²) in [6.07, 6.45) is 0. The van der Waals surface area contributed by atoms with Gasteiger partial charge in [0.25, 0.3) is 0 Å². The molecule has 0 fully saturated rings. The van der Waals surface area contributed by atoms with E-state index in [0.717, 1.165) is 39.1 Å². The molecule has 0 amide bonds. The number of benzene rings is 3. The Balaban J connectivity index is 1.96. The molecule has 0 saturated heterocycles. The summed E-state index contributed by atoms with van der Waals surface area (Å²) in [6.45, 7) is 6.38. The fraction of sp³-hybridized carbons (Fsp3) is 0.357. The van der Waals surface area contributed by atoms with Crippen molar-refractivity contribution in [3.63, 3.8) is 0 Å². The van der Waals surface area contributed by atoms with Crippen molar-refractivity contribution in [2.75, 3.05) is 35.0 Å². The van der Waals surface area contributed by atoms with Crippen molar-refractivity contribution in [3.05, 3.63) is 74.7 Å². The summed E-state index contributed by atoms with van der Waals surface area (Å²) in [5.74, 6) is 3.20. The van der Waals surface area contributed by atoms with Crippen LogP contribution in [0.15, 0.2) is 41.6 Å². The average Bonchev–Trinajstić information content (AvgIpc) is 2.87. The predicted molar refractivity (Wildman–Crippen MR) is 135 cm³/mol. The molecule has 3 aromatic carbocycles. The number of hydrogen-bond acceptors (Lipinski definition) is 7. The van der Waals surface area contributed by atoms with Crippen molar-refractivity contribution in [1.29, 1.82) is 0 Å². The number of fused-ring (bicyclic) bond motifs is 1. The Morgan fingerprint density at radius 3 is 1.91 bits per heavy atom. The third-order valence-electron chi connectivity index (χ3n) is 6.81. The molecule has 7 nitrogen and oxygen atoms in total. The number of hydrogen-bond donors (Lipinski definition) is 0. The first-order chi connectivity index (χ1) is 16.9. The second kappa shape index (κ2) is 9.86. The van der Waals surface area contributed by atoms with Gasteiger partial charge in [-0.25, -0.2) is 0 Å². The van der Waals surface area contributed by atoms with E-state index < -0.39 is 0 Å². The first-order valence-corrected chi connectivity index (χ1v) is 11.4. The molecule has 0 spiro atoms. The minimum Gasteiger partial charge on any atom is -0.496 e. The molecule has 1 aliphatic rings. The summed E-state index contributed by atoms with van der Waals surface area (Å²) in [7, 11) is 6.50. The van der Waals surface area contributed by atoms with E-state index in [1.165, 1.54) is 0 Å². The van der Waals surface area contributed by atoms with Crippen LogP contribution in [0.5, 0.6) is 28.7 Å². The molecular formula is C28H31NO6. The van der Waals surface area contributed by atoms with E-state index in [9.17, 15) is 4.91 Å². The molecule has 0 N–H and O–H groups in total. The summed E-state index contributed by atoms with van der Waals surface area (Å²) in [5.41, 5.74) is 6.38. The van der Waals surface area contributed by atoms with Gasteiger partial charge in [0.15, 0.2) is 11.5 Å². The Hall–Kier alpha value is -3.74. The number of nitroso groups, excluding NO2 is 1. The molecule has 3 aromatic rings. The number of nitrogens with zero attached hydrogens (tertiary/aromatic N) is 1. The van der Waals surface area contributed by atoms with Crippen LogP contribution in [0.4, 0.5) is 5.69 Å². The van der Waals surface area contributed by atoms with Crippen LogP contribution >= 0.6 is 0 Å². The summed E-state index contributed by atoms with van der Waals surface area (Å²) in [4.78, 5) is 11.4. The van der Waals surface area contributed by atoms with Gasteiger partial charge >= 0.3 is 0 Å². The van der Waals surface area contributed by atoms with Crippen LogP contribution in [0.1, 0.15) is 45.2 Å². The Morgan fingerprint density at radius 1 is 0.800 bits per heavy atom. The molecule has 0 saturated carbocycles. The molecular weight excluding hydrogens is 446 g/mol. The SMILES string of the molecule is COc1cc(C2COc3c(ccc(N=O)c3C)C2c2cc(C)c(OC)c(C)c2)cc(OC)c1OC. The molecule has 2 unspecified atom stereocenters. The van der Waals surface area contributed by atoms with Crippen LogP contribution in [0.2, 0.25) is 0 Å². The molecule has 184 valence electrons. The first-order valence-electron chi connectivity index (χ1n) is 11.4. The standard InChI is InChI=1S/C28H31NO6/c1-15-10-19(11-16(2)26(15)33-6)25-20-8-9-22(29-30)17(3)27(20)35-14-21(25)18-12-23(31-4)28(34-7)24(13-18)32-5/h8-13,21,25H,14H2,1-7H3. The van der Waals surface area contributed by atoms with Crippen LogP contribution in [-0.4, -0.2) is 35.0 Å². The lowest BCUT2D eigenvalue weighted by Crippen LogP contribution is -2.26. The maximum Gasteiger partial charge on any atom is 0.203 e. The van der Waals surface area contributed by atoms with E-state index in [-0.39, 0.29) is 11.8 Å². The van der Waals surface area contributed by atoms with Gasteiger partial charge in [-0.1, -0.05) is 18.2 Å². The van der Waals surface area contributed by atoms with E-state index in [2.05, 4.69) is 31.2 Å². The highest BCUT2D eigenvalue weighted by Crippen LogP contribution is 2.51. The van der Waals surface area contributed by atoms with Gasteiger partial charge in [-0.3, -0.25) is 0 Å². The molecule has 0 aliphatic carbocycles. The van der Waals surface area contributed by atoms with Gasteiger partial charge in [-0.2, -0.15) is 0 Å². The van der Waals surface area contributed by atoms with E-state index >= 15 is 0 Å². The maximum absolute atomic E-state index is 11.4. The predicted octanol–water partition coefficient (Wildman–Crippen LogP) is 6.35. The molecule has 2 atom stereocenters. The van der Waals surface area contributed by atoms with Crippen molar-refractivity contribution in [2.45, 2.75) is 32.6 Å². The quantitative estimate of drug-likeness (QED) is 0.369. The molecule has 0 aromatic heterocycles. The average molecular weight is 478 g/mol. The summed E-state index contributed by atoms with van der Waals surface area (Å²) >= 11 is 0. The van der Waals surface area contributed by atoms with Gasteiger partial charge in [-0.15, -0.1) is 4.91 Å². The van der Waals surface area contributed by atoms with Gasteiger partial charge in [0.05, 0.1) is 35.0 Å². The number of rotatable bonds is 7. The minimum absolute atomic E-state index is 0.0516. The van der Waals surface area contributed by atoms with Crippen LogP contribution in [0.25, 0.3) is 0 Å². The van der Waals surface area contributed by atoms with Crippen molar-refractivity contribution < 1.29 is 23.7 Å². The second-order valence-corrected chi connectivity index (χ2v) is 8.76. The molecule has 1 heterocycles. The third kappa shape index (κ3) is 4.16. The van der Waals surface area contributed by atoms with Crippen LogP contribution in [0, 0.1) is 25.7 Å². The third-order valence-corrected chi connectivity index (χ3v) is 6.81. The van der Waals surface area contributed by atoms with E-state index in [0.29, 0.717) is 35.3 Å². The van der Waals surface area contributed by atoms with E-state index in [1.54, 1.807) is 34.5 Å². The largest absolute Gasteiger partial charge is 0.496 e. The van der Waals surface area contributed by atoms with Gasteiger partial charge in [0, 0.05) is 23.0 Å². The molecule has 0 bridgehead atoms. The fourth-order valence-electron chi connectivity index (χ4n) is 5.22. The highest BCUT2D eigenvalue weighted by Gasteiger charge is 2.36. The maximum atomic E-state index is 11.4. The van der Waals surface area contributed by atoms with Gasteiger partial charge in [-0.05, 0) is 66.4 Å². The highest BCUT2D eigenvalue weighted by atomic mass is 16.5. The molecule has 35 heavy (non-hydrogen) atoms. The minimum atomic E-state index is -0.0576. The van der Waals surface area contributed by atoms with Crippen molar-refractivity contribution in [2.24, 2.45) is 5.18 Å². The Kier molecular flexibility index (Phi) is 6.87. The zero-order valence-corrected chi connectivity index (χ0v) is 21.2. The molecule has 7 heteroatoms. The zero-order chi connectivity index (χ0) is 25.3. The monoisotopic (exact) mass is 477 g/mol. The smallest absolute Gasteiger partial charge is 0.203 e. The summed E-state index contributed by atoms with van der Waals surface area (Å²) < 4.78 is 28.7. The number of aryl methyl sites for hydroxylation is 2. The zero-order valence-electron chi connectivity index (χ0n) is 21.2. The first kappa shape index (κ1) is 24.4. The van der Waals surface area contributed by atoms with Gasteiger partial charge < -0.3 is 23.7 Å². The summed E-state index contributed by atoms with van der Waals surface area (Å²) in [6, 6.07) is 12.0. The number of ether oxygens (including phenoxy) is 5. The Labute approximate surface area is 205 Å². The van der Waals surface area contributed by atoms with Gasteiger partial charge in [0.2, 0.25) is 5.75 Å². The Bertz CT molecular complexity index is 1220. The Morgan fingerprint density at radius 2 is 1.40 bits per heavy atom. The van der Waals surface area contributed by atoms with E-state index in [4.69, 9.17) is 23.7 Å². The lowest BCUT2D eigenvalue weighted by Gasteiger charge is -2.36. The fourth-order valence-corrected chi connectivity index (χ4v) is 5.22. The van der Waals surface area contributed by atoms with Crippen molar-refractivity contribution in [3.8, 4) is 28.7 Å². The second-order valence-electron chi connectivity index (χ2n) is 8.76. The lowest BCUT2D eigenvalue weighted by atomic mass is 9.74. The van der Waals surface area contributed by atoms with E-state index in [1.807, 2.05) is 25.1 Å². The van der Waals surface area contributed by atoms with Crippen LogP contribution in [-0.2, 0) is 0 Å². The molecule has 0 radical (unpaired) electrons. The lowest BCUT2D eigenvalue weighted by molar-refractivity contribution is 0.246.